The SMILES string of the molecule is O=C(Cn1cnnn1)NCC1CCCN(Cc2ccccc2)C1. The number of hydrogen-bond acceptors (Lipinski definition) is 5. The molecule has 2 aromatic rings. The second kappa shape index (κ2) is 7.82. The summed E-state index contributed by atoms with van der Waals surface area (Å²) in [5, 5.41) is 13.7. The Morgan fingerprint density at radius 3 is 2.96 bits per heavy atom. The van der Waals surface area contributed by atoms with Gasteiger partial charge in [0, 0.05) is 19.6 Å². The van der Waals surface area contributed by atoms with Crippen LogP contribution < -0.4 is 5.32 Å². The molecule has 0 aliphatic carbocycles. The zero-order chi connectivity index (χ0) is 15.9. The van der Waals surface area contributed by atoms with Gasteiger partial charge in [-0.3, -0.25) is 9.69 Å². The number of aromatic nitrogens is 4. The van der Waals surface area contributed by atoms with Crippen LogP contribution in [0.3, 0.4) is 0 Å². The van der Waals surface area contributed by atoms with Gasteiger partial charge in [-0.2, -0.15) is 0 Å². The quantitative estimate of drug-likeness (QED) is 0.849. The van der Waals surface area contributed by atoms with E-state index in [1.165, 1.54) is 23.0 Å². The number of carbonyl (C=O) groups excluding carboxylic acids is 1. The molecule has 2 heterocycles. The molecule has 1 aromatic carbocycles. The average Bonchev–Trinajstić information content (AvgIpc) is 3.07. The highest BCUT2D eigenvalue weighted by Crippen LogP contribution is 2.18. The Morgan fingerprint density at radius 2 is 2.17 bits per heavy atom. The first-order valence-corrected chi connectivity index (χ1v) is 8.03. The Kier molecular flexibility index (Phi) is 5.31. The third-order valence-electron chi connectivity index (χ3n) is 4.14. The van der Waals surface area contributed by atoms with Crippen molar-refractivity contribution in [2.75, 3.05) is 19.6 Å². The Balaban J connectivity index is 1.42. The Labute approximate surface area is 135 Å². The van der Waals surface area contributed by atoms with E-state index < -0.39 is 0 Å². The molecule has 7 heteroatoms. The summed E-state index contributed by atoms with van der Waals surface area (Å²) in [7, 11) is 0. The van der Waals surface area contributed by atoms with Crippen LogP contribution >= 0.6 is 0 Å². The lowest BCUT2D eigenvalue weighted by Crippen LogP contribution is -2.41. The first kappa shape index (κ1) is 15.6. The van der Waals surface area contributed by atoms with Crippen molar-refractivity contribution < 1.29 is 4.79 Å². The van der Waals surface area contributed by atoms with E-state index in [-0.39, 0.29) is 12.5 Å². The van der Waals surface area contributed by atoms with Gasteiger partial charge >= 0.3 is 0 Å². The summed E-state index contributed by atoms with van der Waals surface area (Å²) in [6, 6.07) is 10.5. The summed E-state index contributed by atoms with van der Waals surface area (Å²) < 4.78 is 1.43. The lowest BCUT2D eigenvalue weighted by atomic mass is 9.97. The monoisotopic (exact) mass is 314 g/mol. The molecule has 1 N–H and O–H groups in total. The van der Waals surface area contributed by atoms with Crippen LogP contribution in [0.5, 0.6) is 0 Å². The second-order valence-corrected chi connectivity index (χ2v) is 6.04. The van der Waals surface area contributed by atoms with Gasteiger partial charge in [0.05, 0.1) is 0 Å². The molecule has 1 fully saturated rings. The molecule has 122 valence electrons. The van der Waals surface area contributed by atoms with E-state index in [1.54, 1.807) is 0 Å². The van der Waals surface area contributed by atoms with E-state index in [2.05, 4.69) is 50.0 Å². The Morgan fingerprint density at radius 1 is 1.30 bits per heavy atom. The maximum absolute atomic E-state index is 11.9. The molecular weight excluding hydrogens is 292 g/mol. The molecule has 3 rings (SSSR count). The fraction of sp³-hybridized carbons (Fsp3) is 0.500. The van der Waals surface area contributed by atoms with Crippen molar-refractivity contribution in [3.05, 3.63) is 42.2 Å². The van der Waals surface area contributed by atoms with Crippen molar-refractivity contribution in [2.45, 2.75) is 25.9 Å². The zero-order valence-corrected chi connectivity index (χ0v) is 13.1. The van der Waals surface area contributed by atoms with E-state index in [4.69, 9.17) is 0 Å². The van der Waals surface area contributed by atoms with Crippen LogP contribution in [-0.4, -0.2) is 50.6 Å². The van der Waals surface area contributed by atoms with Gasteiger partial charge in [-0.25, -0.2) is 4.68 Å². The molecule has 0 bridgehead atoms. The largest absolute Gasteiger partial charge is 0.354 e. The minimum atomic E-state index is -0.0440. The van der Waals surface area contributed by atoms with E-state index in [1.807, 2.05) is 6.07 Å². The highest BCUT2D eigenvalue weighted by molar-refractivity contribution is 5.75. The van der Waals surface area contributed by atoms with Crippen molar-refractivity contribution >= 4 is 5.91 Å². The van der Waals surface area contributed by atoms with Crippen LogP contribution in [0.2, 0.25) is 0 Å². The Bertz CT molecular complexity index is 600. The van der Waals surface area contributed by atoms with Gasteiger partial charge in [0.1, 0.15) is 12.9 Å². The summed E-state index contributed by atoms with van der Waals surface area (Å²) in [6.07, 6.45) is 3.79. The van der Waals surface area contributed by atoms with Crippen molar-refractivity contribution in [1.29, 1.82) is 0 Å². The number of nitrogens with zero attached hydrogens (tertiary/aromatic N) is 5. The minimum Gasteiger partial charge on any atom is -0.354 e. The maximum atomic E-state index is 11.9. The van der Waals surface area contributed by atoms with Crippen LogP contribution in [0.4, 0.5) is 0 Å². The van der Waals surface area contributed by atoms with Gasteiger partial charge in [0.15, 0.2) is 0 Å². The molecule has 1 atom stereocenters. The molecule has 0 spiro atoms. The summed E-state index contributed by atoms with van der Waals surface area (Å²) in [4.78, 5) is 14.4. The summed E-state index contributed by atoms with van der Waals surface area (Å²) in [6.45, 7) is 4.03. The van der Waals surface area contributed by atoms with Gasteiger partial charge in [-0.15, -0.1) is 5.10 Å². The molecule has 0 radical (unpaired) electrons. The molecule has 23 heavy (non-hydrogen) atoms. The highest BCUT2D eigenvalue weighted by atomic mass is 16.2. The lowest BCUT2D eigenvalue weighted by Gasteiger charge is -2.32. The van der Waals surface area contributed by atoms with Crippen molar-refractivity contribution in [3.8, 4) is 0 Å². The smallest absolute Gasteiger partial charge is 0.241 e. The zero-order valence-electron chi connectivity index (χ0n) is 13.1. The number of piperidine rings is 1. The van der Waals surface area contributed by atoms with Crippen LogP contribution in [0.15, 0.2) is 36.7 Å². The van der Waals surface area contributed by atoms with Gasteiger partial charge < -0.3 is 5.32 Å². The van der Waals surface area contributed by atoms with Gasteiger partial charge in [0.25, 0.3) is 0 Å². The third-order valence-corrected chi connectivity index (χ3v) is 4.14. The second-order valence-electron chi connectivity index (χ2n) is 6.04. The molecule has 1 unspecified atom stereocenters. The van der Waals surface area contributed by atoms with Gasteiger partial charge in [0.2, 0.25) is 5.91 Å². The normalized spacial score (nSPS) is 18.7. The van der Waals surface area contributed by atoms with Crippen LogP contribution in [-0.2, 0) is 17.9 Å². The fourth-order valence-electron chi connectivity index (χ4n) is 3.02. The highest BCUT2D eigenvalue weighted by Gasteiger charge is 2.20. The minimum absolute atomic E-state index is 0.0440. The Hall–Kier alpha value is -2.28. The fourth-order valence-corrected chi connectivity index (χ4v) is 3.02. The number of rotatable bonds is 6. The molecule has 1 amide bonds. The predicted molar refractivity (Wildman–Crippen MR) is 85.3 cm³/mol. The topological polar surface area (TPSA) is 75.9 Å². The van der Waals surface area contributed by atoms with Crippen LogP contribution in [0.25, 0.3) is 0 Å². The molecule has 7 nitrogen and oxygen atoms in total. The summed E-state index contributed by atoms with van der Waals surface area (Å²) in [5.74, 6) is 0.461. The van der Waals surface area contributed by atoms with Crippen molar-refractivity contribution in [1.82, 2.24) is 30.4 Å². The van der Waals surface area contributed by atoms with Crippen molar-refractivity contribution in [2.24, 2.45) is 5.92 Å². The van der Waals surface area contributed by atoms with Crippen LogP contribution in [0, 0.1) is 5.92 Å². The molecule has 1 aliphatic rings. The van der Waals surface area contributed by atoms with E-state index >= 15 is 0 Å². The average molecular weight is 314 g/mol. The van der Waals surface area contributed by atoms with Crippen LogP contribution in [0.1, 0.15) is 18.4 Å². The standard InChI is InChI=1S/C16H22N6O/c23-16(12-22-13-18-19-20-22)17-9-15-7-4-8-21(11-15)10-14-5-2-1-3-6-14/h1-3,5-6,13,15H,4,7-12H2,(H,17,23). The van der Waals surface area contributed by atoms with Crippen molar-refractivity contribution in [3.63, 3.8) is 0 Å². The number of carbonyl (C=O) groups is 1. The van der Waals surface area contributed by atoms with E-state index in [0.29, 0.717) is 12.5 Å². The maximum Gasteiger partial charge on any atom is 0.241 e. The number of benzene rings is 1. The molecule has 1 aliphatic heterocycles. The number of likely N-dealkylation sites (tertiary alicyclic amines) is 1. The summed E-state index contributed by atoms with van der Waals surface area (Å²) in [5.41, 5.74) is 1.34. The lowest BCUT2D eigenvalue weighted by molar-refractivity contribution is -0.122. The summed E-state index contributed by atoms with van der Waals surface area (Å²) >= 11 is 0. The molecule has 1 aromatic heterocycles. The number of amides is 1. The number of tetrazole rings is 1. The first-order chi connectivity index (χ1) is 11.3. The van der Waals surface area contributed by atoms with E-state index in [9.17, 15) is 4.79 Å². The number of hydrogen-bond donors (Lipinski definition) is 1. The first-order valence-electron chi connectivity index (χ1n) is 8.03. The van der Waals surface area contributed by atoms with Gasteiger partial charge in [-0.05, 0) is 41.3 Å². The molecule has 0 saturated carbocycles. The van der Waals surface area contributed by atoms with E-state index in [0.717, 1.165) is 26.1 Å². The predicted octanol–water partition coefficient (Wildman–Crippen LogP) is 0.702. The number of nitrogens with one attached hydrogen (secondary N) is 1. The van der Waals surface area contributed by atoms with Gasteiger partial charge in [-0.1, -0.05) is 30.3 Å². The third kappa shape index (κ3) is 4.85. The molecular formula is C16H22N6O. The molecule has 1 saturated heterocycles.